The molecule has 0 aliphatic carbocycles. The number of carboxylic acids is 1. The van der Waals surface area contributed by atoms with E-state index < -0.39 is 51.5 Å². The van der Waals surface area contributed by atoms with Gasteiger partial charge in [0.05, 0.1) is 0 Å². The van der Waals surface area contributed by atoms with E-state index in [1.165, 1.54) is 0 Å². The second-order valence-electron chi connectivity index (χ2n) is 3.64. The molecule has 10 heteroatoms. The Balaban J connectivity index is 2.33. The maximum absolute atomic E-state index is 13.3. The van der Waals surface area contributed by atoms with Gasteiger partial charge in [0.25, 0.3) is 5.91 Å². The highest BCUT2D eigenvalue weighted by molar-refractivity contribution is 7.12. The molecule has 0 saturated carbocycles. The fraction of sp³-hybridized carbons (Fsp3) is 0. The van der Waals surface area contributed by atoms with Crippen molar-refractivity contribution in [3.8, 4) is 0 Å². The predicted octanol–water partition coefficient (Wildman–Crippen LogP) is 2.65. The van der Waals surface area contributed by atoms with Crippen molar-refractivity contribution >= 4 is 28.9 Å². The highest BCUT2D eigenvalue weighted by Crippen LogP contribution is 2.25. The number of rotatable bonds is 3. The van der Waals surface area contributed by atoms with Crippen LogP contribution in [-0.2, 0) is 0 Å². The minimum atomic E-state index is -1.78. The number of amides is 1. The Morgan fingerprint density at radius 3 is 2.19 bits per heavy atom. The molecule has 0 unspecified atom stereocenters. The van der Waals surface area contributed by atoms with Gasteiger partial charge in [0.1, 0.15) is 5.69 Å². The van der Waals surface area contributed by atoms with Crippen molar-refractivity contribution in [3.63, 3.8) is 0 Å². The van der Waals surface area contributed by atoms with Gasteiger partial charge in [-0.3, -0.25) is 4.79 Å². The van der Waals surface area contributed by atoms with E-state index in [0.29, 0.717) is 11.3 Å². The Labute approximate surface area is 117 Å². The summed E-state index contributed by atoms with van der Waals surface area (Å²) in [5.41, 5.74) is -1.76. The monoisotopic (exact) mass is 320 g/mol. The van der Waals surface area contributed by atoms with Crippen LogP contribution in [0.5, 0.6) is 0 Å². The lowest BCUT2D eigenvalue weighted by Gasteiger charge is -2.07. The molecule has 2 aromatic rings. The van der Waals surface area contributed by atoms with Crippen molar-refractivity contribution in [2.75, 3.05) is 5.32 Å². The maximum atomic E-state index is 13.3. The number of nitrogens with one attached hydrogen (secondary N) is 1. The van der Waals surface area contributed by atoms with Crippen LogP contribution in [0, 0.1) is 23.3 Å². The van der Waals surface area contributed by atoms with Crippen LogP contribution in [-0.4, -0.2) is 22.0 Å². The van der Waals surface area contributed by atoms with E-state index in [0.717, 1.165) is 5.38 Å². The number of carboxylic acid groups (broad SMARTS) is 1. The van der Waals surface area contributed by atoms with Crippen LogP contribution in [0.1, 0.15) is 20.3 Å². The first kappa shape index (κ1) is 14.9. The molecule has 0 spiro atoms. The Kier molecular flexibility index (Phi) is 3.89. The highest BCUT2D eigenvalue weighted by Gasteiger charge is 2.23. The predicted molar refractivity (Wildman–Crippen MR) is 63.3 cm³/mol. The van der Waals surface area contributed by atoms with Crippen molar-refractivity contribution in [2.24, 2.45) is 0 Å². The largest absolute Gasteiger partial charge is 0.476 e. The molecule has 5 nitrogen and oxygen atoms in total. The van der Waals surface area contributed by atoms with Crippen LogP contribution in [0.3, 0.4) is 0 Å². The summed E-state index contributed by atoms with van der Waals surface area (Å²) in [5, 5.41) is 10.8. The molecule has 0 aliphatic heterocycles. The third-order valence-electron chi connectivity index (χ3n) is 2.27. The van der Waals surface area contributed by atoms with Gasteiger partial charge in [-0.1, -0.05) is 0 Å². The molecule has 1 amide bonds. The van der Waals surface area contributed by atoms with Crippen LogP contribution in [0.4, 0.5) is 23.2 Å². The molecular formula is C11H4F4N2O3S. The van der Waals surface area contributed by atoms with Gasteiger partial charge in [0.15, 0.2) is 34.0 Å². The summed E-state index contributed by atoms with van der Waals surface area (Å²) >= 11 is 0.589. The van der Waals surface area contributed by atoms with Crippen molar-refractivity contribution in [3.05, 3.63) is 45.4 Å². The van der Waals surface area contributed by atoms with Gasteiger partial charge in [-0.15, -0.1) is 11.3 Å². The van der Waals surface area contributed by atoms with Gasteiger partial charge in [-0.05, 0) is 0 Å². The summed E-state index contributed by atoms with van der Waals surface area (Å²) in [5.74, 6) is -9.53. The number of thiazole rings is 1. The number of benzene rings is 1. The van der Waals surface area contributed by atoms with Gasteiger partial charge in [-0.2, -0.15) is 0 Å². The standard InChI is InChI=1S/C11H4F4N2O3S/c12-3-1-4(13)7(15)8(6(3)14)17-9(18)10-16-5(2-21-10)11(19)20/h1-2H,(H,17,18)(H,19,20). The van der Waals surface area contributed by atoms with E-state index in [2.05, 4.69) is 4.98 Å². The number of aromatic nitrogens is 1. The molecule has 0 fully saturated rings. The van der Waals surface area contributed by atoms with Crippen LogP contribution < -0.4 is 5.32 Å². The molecule has 0 saturated heterocycles. The zero-order valence-electron chi connectivity index (χ0n) is 9.79. The van der Waals surface area contributed by atoms with E-state index in [9.17, 15) is 27.2 Å². The molecule has 2 rings (SSSR count). The first-order valence-corrected chi connectivity index (χ1v) is 6.02. The smallest absolute Gasteiger partial charge is 0.355 e. The zero-order valence-corrected chi connectivity index (χ0v) is 10.6. The van der Waals surface area contributed by atoms with E-state index in [1.807, 2.05) is 0 Å². The van der Waals surface area contributed by atoms with E-state index >= 15 is 0 Å². The number of hydrogen-bond donors (Lipinski definition) is 2. The molecule has 0 radical (unpaired) electrons. The van der Waals surface area contributed by atoms with Crippen molar-refractivity contribution in [1.29, 1.82) is 0 Å². The normalized spacial score (nSPS) is 10.5. The maximum Gasteiger partial charge on any atom is 0.355 e. The number of aromatic carboxylic acids is 1. The average Bonchev–Trinajstić information content (AvgIpc) is 2.91. The highest BCUT2D eigenvalue weighted by atomic mass is 32.1. The van der Waals surface area contributed by atoms with Crippen LogP contribution in [0.25, 0.3) is 0 Å². The number of carbonyl (C=O) groups is 2. The third kappa shape index (κ3) is 2.84. The second kappa shape index (κ2) is 5.48. The molecule has 1 heterocycles. The first-order chi connectivity index (χ1) is 9.81. The van der Waals surface area contributed by atoms with E-state index in [4.69, 9.17) is 5.11 Å². The fourth-order valence-electron chi connectivity index (χ4n) is 1.33. The van der Waals surface area contributed by atoms with Crippen molar-refractivity contribution < 1.29 is 32.3 Å². The Bertz CT molecular complexity index is 721. The summed E-state index contributed by atoms with van der Waals surface area (Å²) in [7, 11) is 0. The summed E-state index contributed by atoms with van der Waals surface area (Å²) in [6.07, 6.45) is 0. The minimum absolute atomic E-state index is 0.00769. The summed E-state index contributed by atoms with van der Waals surface area (Å²) in [4.78, 5) is 25.6. The Morgan fingerprint density at radius 2 is 1.71 bits per heavy atom. The molecule has 0 aliphatic rings. The van der Waals surface area contributed by atoms with Gasteiger partial charge >= 0.3 is 5.97 Å². The Hall–Kier alpha value is -2.49. The van der Waals surface area contributed by atoms with E-state index in [1.54, 1.807) is 5.32 Å². The van der Waals surface area contributed by atoms with Crippen molar-refractivity contribution in [2.45, 2.75) is 0 Å². The van der Waals surface area contributed by atoms with Crippen molar-refractivity contribution in [1.82, 2.24) is 4.98 Å². The molecular weight excluding hydrogens is 316 g/mol. The van der Waals surface area contributed by atoms with Crippen LogP contribution >= 0.6 is 11.3 Å². The number of halogens is 4. The lowest BCUT2D eigenvalue weighted by molar-refractivity contribution is 0.0691. The van der Waals surface area contributed by atoms with Gasteiger partial charge in [0, 0.05) is 11.4 Å². The number of carbonyl (C=O) groups excluding carboxylic acids is 1. The van der Waals surface area contributed by atoms with Gasteiger partial charge < -0.3 is 10.4 Å². The molecule has 21 heavy (non-hydrogen) atoms. The lowest BCUT2D eigenvalue weighted by Crippen LogP contribution is -2.16. The fourth-order valence-corrected chi connectivity index (χ4v) is 2.01. The van der Waals surface area contributed by atoms with E-state index in [-0.39, 0.29) is 6.07 Å². The van der Waals surface area contributed by atoms with Gasteiger partial charge in [-0.25, -0.2) is 27.3 Å². The number of hydrogen-bond acceptors (Lipinski definition) is 4. The number of anilines is 1. The third-order valence-corrected chi connectivity index (χ3v) is 3.11. The summed E-state index contributed by atoms with van der Waals surface area (Å²) in [6, 6.07) is -0.00769. The minimum Gasteiger partial charge on any atom is -0.476 e. The molecule has 110 valence electrons. The first-order valence-electron chi connectivity index (χ1n) is 5.14. The molecule has 1 aromatic carbocycles. The zero-order chi connectivity index (χ0) is 15.7. The van der Waals surface area contributed by atoms with Crippen LogP contribution in [0.15, 0.2) is 11.4 Å². The summed E-state index contributed by atoms with van der Waals surface area (Å²) < 4.78 is 52.6. The topological polar surface area (TPSA) is 79.3 Å². The molecule has 0 atom stereocenters. The quantitative estimate of drug-likeness (QED) is 0.673. The molecule has 0 bridgehead atoms. The average molecular weight is 320 g/mol. The van der Waals surface area contributed by atoms with Crippen LogP contribution in [0.2, 0.25) is 0 Å². The van der Waals surface area contributed by atoms with Gasteiger partial charge in [0.2, 0.25) is 0 Å². The lowest BCUT2D eigenvalue weighted by atomic mass is 10.2. The molecule has 2 N–H and O–H groups in total. The Morgan fingerprint density at radius 1 is 1.14 bits per heavy atom. The number of nitrogens with zero attached hydrogens (tertiary/aromatic N) is 1. The second-order valence-corrected chi connectivity index (χ2v) is 4.50. The summed E-state index contributed by atoms with van der Waals surface area (Å²) in [6.45, 7) is 0. The molecule has 1 aromatic heterocycles. The SMILES string of the molecule is O=C(O)c1csc(C(=O)Nc2c(F)c(F)cc(F)c2F)n1.